The van der Waals surface area contributed by atoms with Crippen LogP contribution in [0.25, 0.3) is 0 Å². The highest BCUT2D eigenvalue weighted by Gasteiger charge is 2.65. The molecule has 148 valence electrons. The Balaban J connectivity index is 1.85. The van der Waals surface area contributed by atoms with E-state index in [0.29, 0.717) is 12.1 Å². The predicted molar refractivity (Wildman–Crippen MR) is 86.7 cm³/mol. The number of nitro benzene ring substituents is 1. The average molecular weight is 422 g/mol. The molecule has 0 radical (unpaired) electrons. The number of nitro groups is 1. The first-order valence-corrected chi connectivity index (χ1v) is 7.66. The van der Waals surface area contributed by atoms with Crippen molar-refractivity contribution in [1.29, 1.82) is 0 Å². The largest absolute Gasteiger partial charge is 0.492 e. The topological polar surface area (TPSA) is 103 Å². The Morgan fingerprint density at radius 1 is 1.14 bits per heavy atom. The second kappa shape index (κ2) is 6.71. The Hall–Kier alpha value is -3.28. The molecule has 0 unspecified atom stereocenters. The lowest BCUT2D eigenvalue weighted by Crippen LogP contribution is -2.65. The normalized spacial score (nSPS) is 17.9. The minimum absolute atomic E-state index is 0.0587. The van der Waals surface area contributed by atoms with Crippen molar-refractivity contribution in [1.82, 2.24) is 5.32 Å². The Labute approximate surface area is 158 Å². The summed E-state index contributed by atoms with van der Waals surface area (Å²) in [5.41, 5.74) is -1.31. The zero-order valence-electron chi connectivity index (χ0n) is 13.3. The van der Waals surface area contributed by atoms with Crippen molar-refractivity contribution in [2.75, 3.05) is 5.32 Å². The molecule has 3 rings (SSSR count). The van der Waals surface area contributed by atoms with Crippen molar-refractivity contribution in [2.45, 2.75) is 12.1 Å². The SMILES string of the molecule is O=C(Nc1cc([N+](=O)[O-])ccc1F)N[C@]1(C(F)(F)F)Oc2ccc(Cl)cc2O1. The standard InChI is InChI=1S/C15H8ClF4N3O5/c16-7-1-4-11-12(5-7)28-15(27-11,14(18,19)20)22-13(24)21-10-6-8(23(25)26)2-3-9(10)17/h1-6H,(H2,21,22,24)/t15-/m1/s1. The number of fused-ring (bicyclic) bond motifs is 1. The number of carbonyl (C=O) groups excluding carboxylic acids is 1. The monoisotopic (exact) mass is 421 g/mol. The Bertz CT molecular complexity index is 971. The molecule has 0 aromatic heterocycles. The van der Waals surface area contributed by atoms with Crippen LogP contribution < -0.4 is 20.1 Å². The summed E-state index contributed by atoms with van der Waals surface area (Å²) in [6.07, 6.45) is -5.25. The summed E-state index contributed by atoms with van der Waals surface area (Å²) in [6, 6.07) is 3.94. The van der Waals surface area contributed by atoms with Gasteiger partial charge in [-0.3, -0.25) is 15.4 Å². The first-order valence-electron chi connectivity index (χ1n) is 7.28. The zero-order valence-corrected chi connectivity index (χ0v) is 14.1. The van der Waals surface area contributed by atoms with E-state index >= 15 is 0 Å². The second-order valence-corrected chi connectivity index (χ2v) is 5.85. The lowest BCUT2D eigenvalue weighted by atomic mass is 10.2. The van der Waals surface area contributed by atoms with E-state index in [9.17, 15) is 32.5 Å². The zero-order chi connectivity index (χ0) is 20.7. The number of rotatable bonds is 3. The van der Waals surface area contributed by atoms with E-state index in [4.69, 9.17) is 21.1 Å². The van der Waals surface area contributed by atoms with Crippen molar-refractivity contribution in [3.05, 3.63) is 57.4 Å². The summed E-state index contributed by atoms with van der Waals surface area (Å²) in [7, 11) is 0. The third-order valence-corrected chi connectivity index (χ3v) is 3.71. The van der Waals surface area contributed by atoms with Crippen LogP contribution in [0.3, 0.4) is 0 Å². The van der Waals surface area contributed by atoms with Gasteiger partial charge in [-0.25, -0.2) is 9.18 Å². The summed E-state index contributed by atoms with van der Waals surface area (Å²) < 4.78 is 63.8. The molecular weight excluding hydrogens is 414 g/mol. The first-order chi connectivity index (χ1) is 13.0. The molecule has 28 heavy (non-hydrogen) atoms. The maximum Gasteiger partial charge on any atom is 0.492 e. The van der Waals surface area contributed by atoms with Crippen LogP contribution in [0.5, 0.6) is 11.5 Å². The van der Waals surface area contributed by atoms with E-state index in [1.54, 1.807) is 5.32 Å². The van der Waals surface area contributed by atoms with Crippen LogP contribution in [0.1, 0.15) is 0 Å². The molecule has 0 spiro atoms. The lowest BCUT2D eigenvalue weighted by molar-refractivity contribution is -0.384. The molecule has 0 saturated carbocycles. The van der Waals surface area contributed by atoms with Crippen molar-refractivity contribution < 1.29 is 36.8 Å². The minimum atomic E-state index is -5.25. The van der Waals surface area contributed by atoms with Crippen LogP contribution >= 0.6 is 11.6 Å². The summed E-state index contributed by atoms with van der Waals surface area (Å²) in [5, 5.41) is 14.0. The van der Waals surface area contributed by atoms with Crippen LogP contribution in [0.2, 0.25) is 5.02 Å². The van der Waals surface area contributed by atoms with E-state index in [-0.39, 0.29) is 16.5 Å². The number of nitrogens with zero attached hydrogens (tertiary/aromatic N) is 1. The quantitative estimate of drug-likeness (QED) is 0.439. The van der Waals surface area contributed by atoms with Gasteiger partial charge in [-0.05, 0) is 18.2 Å². The van der Waals surface area contributed by atoms with Crippen LogP contribution in [0.15, 0.2) is 36.4 Å². The van der Waals surface area contributed by atoms with Gasteiger partial charge >= 0.3 is 18.1 Å². The molecule has 1 aliphatic rings. The van der Waals surface area contributed by atoms with Gasteiger partial charge in [0.15, 0.2) is 11.5 Å². The van der Waals surface area contributed by atoms with Gasteiger partial charge in [-0.1, -0.05) is 11.6 Å². The molecule has 13 heteroatoms. The number of alkyl halides is 3. The maximum absolute atomic E-state index is 13.7. The second-order valence-electron chi connectivity index (χ2n) is 5.41. The fourth-order valence-electron chi connectivity index (χ4n) is 2.24. The number of amides is 2. The molecule has 2 aromatic rings. The van der Waals surface area contributed by atoms with E-state index in [1.165, 1.54) is 11.4 Å². The third kappa shape index (κ3) is 3.58. The maximum atomic E-state index is 13.7. The number of halogens is 5. The Morgan fingerprint density at radius 2 is 1.82 bits per heavy atom. The van der Waals surface area contributed by atoms with Gasteiger partial charge in [0.05, 0.1) is 10.6 Å². The van der Waals surface area contributed by atoms with Gasteiger partial charge in [-0.15, -0.1) is 0 Å². The number of non-ortho nitro benzene ring substituents is 1. The summed E-state index contributed by atoms with van der Waals surface area (Å²) >= 11 is 5.69. The molecule has 2 N–H and O–H groups in total. The number of hydrogen-bond acceptors (Lipinski definition) is 5. The van der Waals surface area contributed by atoms with Crippen LogP contribution in [0.4, 0.5) is 33.7 Å². The van der Waals surface area contributed by atoms with Crippen molar-refractivity contribution in [2.24, 2.45) is 0 Å². The lowest BCUT2D eigenvalue weighted by Gasteiger charge is -2.29. The van der Waals surface area contributed by atoms with Gasteiger partial charge in [0.25, 0.3) is 5.69 Å². The molecule has 1 atom stereocenters. The van der Waals surface area contributed by atoms with Crippen molar-refractivity contribution >= 4 is 29.0 Å². The number of urea groups is 1. The number of nitrogens with one attached hydrogen (secondary N) is 2. The van der Waals surface area contributed by atoms with Gasteiger partial charge < -0.3 is 14.8 Å². The molecule has 0 aliphatic carbocycles. The number of carbonyl (C=O) groups is 1. The molecule has 0 fully saturated rings. The highest BCUT2D eigenvalue weighted by atomic mass is 35.5. The third-order valence-electron chi connectivity index (χ3n) is 3.47. The molecule has 1 heterocycles. The average Bonchev–Trinajstić information content (AvgIpc) is 2.94. The van der Waals surface area contributed by atoms with E-state index in [1.807, 2.05) is 0 Å². The fraction of sp³-hybridized carbons (Fsp3) is 0.133. The molecule has 2 aromatic carbocycles. The summed E-state index contributed by atoms with van der Waals surface area (Å²) in [4.78, 5) is 21.9. The van der Waals surface area contributed by atoms with Gasteiger partial charge in [-0.2, -0.15) is 13.2 Å². The van der Waals surface area contributed by atoms with Gasteiger partial charge in [0.1, 0.15) is 5.82 Å². The molecular formula is C15H8ClF4N3O5. The van der Waals surface area contributed by atoms with Gasteiger partial charge in [0.2, 0.25) is 0 Å². The van der Waals surface area contributed by atoms with Crippen LogP contribution in [-0.2, 0) is 0 Å². The smallest absolute Gasteiger partial charge is 0.424 e. The number of anilines is 1. The first kappa shape index (κ1) is 19.5. The highest BCUT2D eigenvalue weighted by Crippen LogP contribution is 2.46. The highest BCUT2D eigenvalue weighted by molar-refractivity contribution is 6.30. The minimum Gasteiger partial charge on any atom is -0.424 e. The predicted octanol–water partition coefficient (Wildman–Crippen LogP) is 4.20. The molecule has 8 nitrogen and oxygen atoms in total. The summed E-state index contributed by atoms with van der Waals surface area (Å²) in [5.74, 6) is -5.44. The number of hydrogen-bond donors (Lipinski definition) is 2. The van der Waals surface area contributed by atoms with E-state index < -0.39 is 40.2 Å². The van der Waals surface area contributed by atoms with Crippen LogP contribution in [-0.4, -0.2) is 23.0 Å². The van der Waals surface area contributed by atoms with E-state index in [2.05, 4.69) is 0 Å². The number of ether oxygens (including phenoxy) is 2. The van der Waals surface area contributed by atoms with Gasteiger partial charge in [0, 0.05) is 23.2 Å². The van der Waals surface area contributed by atoms with E-state index in [0.717, 1.165) is 18.2 Å². The Morgan fingerprint density at radius 3 is 2.46 bits per heavy atom. The molecule has 2 amide bonds. The van der Waals surface area contributed by atoms with Crippen LogP contribution in [0, 0.1) is 15.9 Å². The summed E-state index contributed by atoms with van der Waals surface area (Å²) in [6.45, 7) is 0. The Kier molecular flexibility index (Phi) is 4.67. The molecule has 1 aliphatic heterocycles. The van der Waals surface area contributed by atoms with Crippen molar-refractivity contribution in [3.63, 3.8) is 0 Å². The fourth-order valence-corrected chi connectivity index (χ4v) is 2.40. The van der Waals surface area contributed by atoms with Crippen molar-refractivity contribution in [3.8, 4) is 11.5 Å². The molecule has 0 saturated heterocycles. The molecule has 0 bridgehead atoms. The number of benzene rings is 2.